The summed E-state index contributed by atoms with van der Waals surface area (Å²) in [7, 11) is -11.2. The first-order chi connectivity index (χ1) is 24.7. The van der Waals surface area contributed by atoms with Crippen LogP contribution in [-0.4, -0.2) is 94.5 Å². The fraction of sp³-hybridized carbons (Fsp3) is 0.647. The van der Waals surface area contributed by atoms with E-state index in [0.717, 1.165) is 18.6 Å². The van der Waals surface area contributed by atoms with Gasteiger partial charge in [0.2, 0.25) is 0 Å². The van der Waals surface area contributed by atoms with Gasteiger partial charge in [0.1, 0.15) is 5.82 Å². The van der Waals surface area contributed by atoms with Gasteiger partial charge in [0, 0.05) is 31.9 Å². The van der Waals surface area contributed by atoms with Crippen molar-refractivity contribution in [2.45, 2.75) is 120 Å². The number of nitrogens with zero attached hydrogens (tertiary/aromatic N) is 5. The van der Waals surface area contributed by atoms with Gasteiger partial charge in [0.05, 0.1) is 31.3 Å². The molecule has 21 heteroatoms. The van der Waals surface area contributed by atoms with E-state index in [0.29, 0.717) is 28.7 Å². The van der Waals surface area contributed by atoms with Crippen molar-refractivity contribution in [3.63, 3.8) is 0 Å². The summed E-state index contributed by atoms with van der Waals surface area (Å²) in [6, 6.07) is 14.5. The Morgan fingerprint density at radius 1 is 0.764 bits per heavy atom. The molecular formula is C34H51F6FeN5O6S2Si+2. The molecule has 2 aliphatic heterocycles. The molecule has 0 unspecified atom stereocenters. The van der Waals surface area contributed by atoms with Crippen LogP contribution in [0.25, 0.3) is 11.0 Å². The number of hydrogen-bond donors (Lipinski definition) is 2. The van der Waals surface area contributed by atoms with Crippen molar-refractivity contribution in [3.8, 4) is 0 Å². The van der Waals surface area contributed by atoms with E-state index >= 15 is 0 Å². The number of aryl methyl sites for hydroxylation is 1. The van der Waals surface area contributed by atoms with Gasteiger partial charge >= 0.3 is 48.3 Å². The van der Waals surface area contributed by atoms with Crippen molar-refractivity contribution in [3.05, 3.63) is 54.1 Å². The molecular weight excluding hydrogens is 836 g/mol. The second kappa shape index (κ2) is 19.1. The number of fused-ring (bicyclic) bond motifs is 1. The molecule has 2 N–H and O–H groups in total. The maximum absolute atomic E-state index is 10.7. The number of hydrogen-bond acceptors (Lipinski definition) is 8. The van der Waals surface area contributed by atoms with Crippen LogP contribution in [-0.2, 0) is 57.4 Å². The fourth-order valence-corrected chi connectivity index (χ4v) is 15.1. The monoisotopic (exact) mass is 887 g/mol. The third-order valence-corrected chi connectivity index (χ3v) is 18.8. The molecule has 4 heterocycles. The molecule has 2 aliphatic rings. The van der Waals surface area contributed by atoms with E-state index in [1.54, 1.807) is 5.19 Å². The summed E-state index contributed by atoms with van der Waals surface area (Å²) in [6.45, 7) is 18.9. The molecule has 2 fully saturated rings. The Balaban J connectivity index is 0.000000517. The molecule has 0 aliphatic carbocycles. The summed E-state index contributed by atoms with van der Waals surface area (Å²) in [4.78, 5) is 15.5. The Morgan fingerprint density at radius 3 is 1.58 bits per heavy atom. The third kappa shape index (κ3) is 11.7. The minimum atomic E-state index is -5.84. The summed E-state index contributed by atoms with van der Waals surface area (Å²) in [5.74, 6) is 1.19. The Labute approximate surface area is 331 Å². The molecule has 55 heavy (non-hydrogen) atoms. The molecule has 2 aromatic heterocycles. The number of aromatic nitrogens is 3. The molecule has 2 atom stereocenters. The molecule has 3 aromatic rings. The van der Waals surface area contributed by atoms with E-state index in [2.05, 4.69) is 106 Å². The van der Waals surface area contributed by atoms with Gasteiger partial charge in [0.15, 0.2) is 0 Å². The number of halogens is 6. The largest absolute Gasteiger partial charge is 2.00 e. The van der Waals surface area contributed by atoms with E-state index in [1.807, 2.05) is 0 Å². The molecule has 1 aromatic carbocycles. The smallest absolute Gasteiger partial charge is 0.330 e. The van der Waals surface area contributed by atoms with E-state index in [4.69, 9.17) is 35.9 Å². The molecule has 11 nitrogen and oxygen atoms in total. The minimum Gasteiger partial charge on any atom is -0.330 e. The normalized spacial score (nSPS) is 19.0. The average molecular weight is 888 g/mol. The zero-order valence-electron chi connectivity index (χ0n) is 31.8. The van der Waals surface area contributed by atoms with E-state index < -0.39 is 39.3 Å². The van der Waals surface area contributed by atoms with Gasteiger partial charge in [-0.05, 0) is 78.8 Å². The number of alkyl halides is 6. The minimum absolute atomic E-state index is 0. The third-order valence-electron chi connectivity index (χ3n) is 10.6. The first-order valence-corrected chi connectivity index (χ1v) is 22.8. The van der Waals surface area contributed by atoms with Crippen LogP contribution < -0.4 is 5.19 Å². The molecule has 0 bridgehead atoms. The topological polar surface area (TPSA) is 146 Å². The summed E-state index contributed by atoms with van der Waals surface area (Å²) < 4.78 is 117. The Morgan fingerprint density at radius 2 is 1.20 bits per heavy atom. The Hall–Kier alpha value is -2.10. The van der Waals surface area contributed by atoms with E-state index in [-0.39, 0.29) is 17.1 Å². The second-order valence-electron chi connectivity index (χ2n) is 14.7. The molecule has 0 radical (unpaired) electrons. The van der Waals surface area contributed by atoms with Crippen LogP contribution in [0.2, 0.25) is 16.6 Å². The fourth-order valence-electron chi connectivity index (χ4n) is 8.47. The van der Waals surface area contributed by atoms with Gasteiger partial charge in [-0.15, -0.1) is 0 Å². The van der Waals surface area contributed by atoms with Gasteiger partial charge in [0.25, 0.3) is 0 Å². The number of benzene rings is 1. The number of para-hydroxylation sites is 2. The van der Waals surface area contributed by atoms with Crippen LogP contribution in [0.1, 0.15) is 78.7 Å². The van der Waals surface area contributed by atoms with Crippen LogP contribution in [0.3, 0.4) is 0 Å². The van der Waals surface area contributed by atoms with Crippen molar-refractivity contribution < 1.29 is 69.4 Å². The van der Waals surface area contributed by atoms with E-state index in [1.165, 1.54) is 55.8 Å². The van der Waals surface area contributed by atoms with Crippen LogP contribution in [0.15, 0.2) is 42.6 Å². The molecule has 5 rings (SSSR count). The number of rotatable bonds is 9. The predicted octanol–water partition coefficient (Wildman–Crippen LogP) is 7.27. The van der Waals surface area contributed by atoms with Crippen molar-refractivity contribution in [1.82, 2.24) is 24.3 Å². The van der Waals surface area contributed by atoms with Crippen LogP contribution >= 0.6 is 0 Å². The maximum atomic E-state index is 10.7. The Bertz CT molecular complexity index is 1850. The molecule has 0 spiro atoms. The SMILES string of the molecule is CC(C)[Si](c1ccc(CN2CCC[C@H]2[C@@H]2CCCN2Cc2nc3ccccc3n2C)nc1)(C(C)C)C(C)C.O=S(=O)(O)C(F)(F)F.O=S(=O)(O)C(F)(F)F.[Fe+2]. The van der Waals surface area contributed by atoms with Gasteiger partial charge < -0.3 is 4.57 Å². The van der Waals surface area contributed by atoms with Gasteiger partial charge in [-0.25, -0.2) is 4.98 Å². The second-order valence-corrected chi connectivity index (χ2v) is 23.4. The molecule has 0 amide bonds. The summed E-state index contributed by atoms with van der Waals surface area (Å²) >= 11 is 0. The first-order valence-electron chi connectivity index (χ1n) is 17.6. The zero-order chi connectivity index (χ0) is 41.0. The summed E-state index contributed by atoms with van der Waals surface area (Å²) in [5, 5.41) is 1.55. The zero-order valence-corrected chi connectivity index (χ0v) is 35.5. The van der Waals surface area contributed by atoms with Crippen LogP contribution in [0, 0.1) is 0 Å². The number of pyridine rings is 1. The Kier molecular flexibility index (Phi) is 17.0. The van der Waals surface area contributed by atoms with Gasteiger partial charge in [-0.3, -0.25) is 23.9 Å². The maximum Gasteiger partial charge on any atom is 2.00 e. The quantitative estimate of drug-likeness (QED) is 0.0975. The first kappa shape index (κ1) is 49.0. The van der Waals surface area contributed by atoms with Gasteiger partial charge in [-0.2, -0.15) is 43.2 Å². The standard InChI is InChI=1S/C32H49N5Si.2CHF3O3S.Fe/c1-23(2)38(24(3)4,25(5)6)27-17-16-26(33-20-27)21-36-18-10-14-30(36)31-15-11-19-37(31)22-32-34-28-12-8-9-13-29(28)35(32)7;2*2-1(3,4)8(5,6)7;/h8-9,12-13,16-17,20,23-25,30-31H,10-11,14-15,18-19,21-22H2,1-7H3;2*(H,5,6,7);/q;;;+2/t30-,31-;;;/m0.../s1. The van der Waals surface area contributed by atoms with Gasteiger partial charge in [-0.1, -0.05) is 59.7 Å². The van der Waals surface area contributed by atoms with Crippen molar-refractivity contribution in [1.29, 1.82) is 0 Å². The van der Waals surface area contributed by atoms with Crippen molar-refractivity contribution >= 4 is 44.5 Å². The van der Waals surface area contributed by atoms with Crippen molar-refractivity contribution in [2.75, 3.05) is 13.1 Å². The molecule has 2 saturated heterocycles. The average Bonchev–Trinajstić information content (AvgIpc) is 3.76. The number of imidazole rings is 1. The molecule has 0 saturated carbocycles. The predicted molar refractivity (Wildman–Crippen MR) is 198 cm³/mol. The summed E-state index contributed by atoms with van der Waals surface area (Å²) in [5.41, 5.74) is -5.36. The van der Waals surface area contributed by atoms with Crippen LogP contribution in [0.4, 0.5) is 26.3 Å². The molecule has 312 valence electrons. The summed E-state index contributed by atoms with van der Waals surface area (Å²) in [6.07, 6.45) is 7.44. The van der Waals surface area contributed by atoms with E-state index in [9.17, 15) is 26.3 Å². The van der Waals surface area contributed by atoms with Crippen molar-refractivity contribution in [2.24, 2.45) is 7.05 Å². The van der Waals surface area contributed by atoms with Crippen LogP contribution in [0.5, 0.6) is 0 Å². The number of likely N-dealkylation sites (tertiary alicyclic amines) is 2.